The molecule has 0 spiro atoms. The van der Waals surface area contributed by atoms with E-state index in [4.69, 9.17) is 11.6 Å². The average Bonchev–Trinajstić information content (AvgIpc) is 3.09. The van der Waals surface area contributed by atoms with E-state index in [1.165, 1.54) is 5.56 Å². The van der Waals surface area contributed by atoms with Gasteiger partial charge in [-0.3, -0.25) is 4.79 Å². The number of piperidine rings is 1. The molecule has 1 saturated heterocycles. The number of carbonyl (C=O) groups is 1. The van der Waals surface area contributed by atoms with Crippen molar-refractivity contribution < 1.29 is 4.79 Å². The number of amides is 1. The van der Waals surface area contributed by atoms with Crippen LogP contribution in [0.25, 0.3) is 11.0 Å². The maximum absolute atomic E-state index is 12.9. The Morgan fingerprint density at radius 2 is 1.96 bits per heavy atom. The lowest BCUT2D eigenvalue weighted by Crippen LogP contribution is -2.39. The molecule has 1 aliphatic heterocycles. The highest BCUT2D eigenvalue weighted by atomic mass is 35.5. The molecular weight excluding hydrogens is 334 g/mol. The van der Waals surface area contributed by atoms with E-state index in [2.05, 4.69) is 34.2 Å². The van der Waals surface area contributed by atoms with Crippen LogP contribution >= 0.6 is 11.6 Å². The first-order valence-electron chi connectivity index (χ1n) is 8.66. The molecule has 3 aromatic rings. The molecule has 1 aliphatic rings. The van der Waals surface area contributed by atoms with Gasteiger partial charge in [-0.25, -0.2) is 4.98 Å². The number of benzene rings is 2. The highest BCUT2D eigenvalue weighted by Crippen LogP contribution is 2.27. The van der Waals surface area contributed by atoms with Crippen LogP contribution in [0.1, 0.15) is 28.8 Å². The van der Waals surface area contributed by atoms with Crippen molar-refractivity contribution in [2.45, 2.75) is 19.3 Å². The van der Waals surface area contributed by atoms with Crippen LogP contribution in [-0.4, -0.2) is 33.9 Å². The molecule has 2 aromatic carbocycles. The number of nitrogens with zero attached hydrogens (tertiary/aromatic N) is 2. The number of hydrogen-bond donors (Lipinski definition) is 1. The Hall–Kier alpha value is -2.33. The molecule has 1 fully saturated rings. The van der Waals surface area contributed by atoms with E-state index in [0.717, 1.165) is 43.4 Å². The van der Waals surface area contributed by atoms with Crippen molar-refractivity contribution in [1.29, 1.82) is 0 Å². The number of carbonyl (C=O) groups excluding carboxylic acids is 1. The van der Waals surface area contributed by atoms with Gasteiger partial charge in [0.1, 0.15) is 0 Å². The number of H-pyrrole nitrogens is 1. The first kappa shape index (κ1) is 16.2. The zero-order valence-electron chi connectivity index (χ0n) is 13.9. The molecule has 0 atom stereocenters. The third-order valence-electron chi connectivity index (χ3n) is 5.01. The summed E-state index contributed by atoms with van der Waals surface area (Å²) in [7, 11) is 0. The van der Waals surface area contributed by atoms with Crippen LogP contribution in [-0.2, 0) is 6.42 Å². The van der Waals surface area contributed by atoms with Gasteiger partial charge in [-0.15, -0.1) is 0 Å². The van der Waals surface area contributed by atoms with Crippen LogP contribution in [0.4, 0.5) is 0 Å². The Bertz CT molecular complexity index is 882. The average molecular weight is 354 g/mol. The smallest absolute Gasteiger partial charge is 0.255 e. The van der Waals surface area contributed by atoms with Gasteiger partial charge in [0.25, 0.3) is 5.91 Å². The molecule has 4 nitrogen and oxygen atoms in total. The van der Waals surface area contributed by atoms with Gasteiger partial charge in [0, 0.05) is 13.1 Å². The van der Waals surface area contributed by atoms with Crippen molar-refractivity contribution in [2.75, 3.05) is 13.1 Å². The van der Waals surface area contributed by atoms with Crippen molar-refractivity contribution in [3.63, 3.8) is 0 Å². The molecule has 4 rings (SSSR count). The first-order chi connectivity index (χ1) is 12.2. The Labute approximate surface area is 151 Å². The highest BCUT2D eigenvalue weighted by Gasteiger charge is 2.25. The van der Waals surface area contributed by atoms with Crippen LogP contribution in [0.15, 0.2) is 48.8 Å². The molecule has 0 radical (unpaired) electrons. The summed E-state index contributed by atoms with van der Waals surface area (Å²) in [5.74, 6) is 0.642. The maximum atomic E-state index is 12.9. The molecule has 1 aromatic heterocycles. The fraction of sp³-hybridized carbons (Fsp3) is 0.300. The molecule has 0 saturated carbocycles. The fourth-order valence-electron chi connectivity index (χ4n) is 3.58. The molecule has 5 heteroatoms. The SMILES string of the molecule is O=C(c1cc2nc[nH]c2cc1Cl)N1CCC(Cc2ccccc2)CC1. The zero-order valence-corrected chi connectivity index (χ0v) is 14.7. The summed E-state index contributed by atoms with van der Waals surface area (Å²) in [4.78, 5) is 22.0. The normalized spacial score (nSPS) is 15.6. The second-order valence-corrected chi connectivity index (χ2v) is 7.08. The maximum Gasteiger partial charge on any atom is 0.255 e. The van der Waals surface area contributed by atoms with E-state index < -0.39 is 0 Å². The molecular formula is C20H20ClN3O. The van der Waals surface area contributed by atoms with Gasteiger partial charge in [0.2, 0.25) is 0 Å². The van der Waals surface area contributed by atoms with Crippen molar-refractivity contribution in [3.8, 4) is 0 Å². The van der Waals surface area contributed by atoms with Crippen LogP contribution in [0.5, 0.6) is 0 Å². The zero-order chi connectivity index (χ0) is 17.2. The molecule has 2 heterocycles. The number of nitrogens with one attached hydrogen (secondary N) is 1. The standard InChI is InChI=1S/C20H20ClN3O/c21-17-12-19-18(22-13-23-19)11-16(17)20(25)24-8-6-15(7-9-24)10-14-4-2-1-3-5-14/h1-5,11-13,15H,6-10H2,(H,22,23). The Kier molecular flexibility index (Phi) is 4.45. The number of likely N-dealkylation sites (tertiary alicyclic amines) is 1. The first-order valence-corrected chi connectivity index (χ1v) is 9.04. The number of fused-ring (bicyclic) bond motifs is 1. The van der Waals surface area contributed by atoms with E-state index in [1.807, 2.05) is 11.0 Å². The Balaban J connectivity index is 1.43. The van der Waals surface area contributed by atoms with Crippen LogP contribution in [0.3, 0.4) is 0 Å². The summed E-state index contributed by atoms with van der Waals surface area (Å²) in [6, 6.07) is 14.1. The van der Waals surface area contributed by atoms with E-state index >= 15 is 0 Å². The minimum Gasteiger partial charge on any atom is -0.345 e. The van der Waals surface area contributed by atoms with Gasteiger partial charge in [-0.1, -0.05) is 41.9 Å². The van der Waals surface area contributed by atoms with Crippen molar-refractivity contribution in [3.05, 3.63) is 64.9 Å². The molecule has 25 heavy (non-hydrogen) atoms. The van der Waals surface area contributed by atoms with Crippen LogP contribution in [0.2, 0.25) is 5.02 Å². The predicted molar refractivity (Wildman–Crippen MR) is 99.9 cm³/mol. The van der Waals surface area contributed by atoms with Crippen molar-refractivity contribution >= 4 is 28.5 Å². The monoisotopic (exact) mass is 353 g/mol. The van der Waals surface area contributed by atoms with Gasteiger partial charge in [-0.05, 0) is 42.9 Å². The lowest BCUT2D eigenvalue weighted by atomic mass is 9.90. The minimum absolute atomic E-state index is 0.00746. The Morgan fingerprint density at radius 3 is 2.72 bits per heavy atom. The van der Waals surface area contributed by atoms with Crippen molar-refractivity contribution in [1.82, 2.24) is 14.9 Å². The summed E-state index contributed by atoms with van der Waals surface area (Å²) in [6.07, 6.45) is 4.76. The third-order valence-corrected chi connectivity index (χ3v) is 5.32. The summed E-state index contributed by atoms with van der Waals surface area (Å²) in [5.41, 5.74) is 3.54. The van der Waals surface area contributed by atoms with Crippen molar-refractivity contribution in [2.24, 2.45) is 5.92 Å². The quantitative estimate of drug-likeness (QED) is 0.762. The minimum atomic E-state index is 0.00746. The molecule has 1 amide bonds. The highest BCUT2D eigenvalue weighted by molar-refractivity contribution is 6.34. The van der Waals surface area contributed by atoms with Gasteiger partial charge < -0.3 is 9.88 Å². The molecule has 0 bridgehead atoms. The van der Waals surface area contributed by atoms with Gasteiger partial charge >= 0.3 is 0 Å². The van der Waals surface area contributed by atoms with Gasteiger partial charge in [-0.2, -0.15) is 0 Å². The van der Waals surface area contributed by atoms with E-state index in [-0.39, 0.29) is 5.91 Å². The topological polar surface area (TPSA) is 49.0 Å². The van der Waals surface area contributed by atoms with Gasteiger partial charge in [0.05, 0.1) is 27.9 Å². The lowest BCUT2D eigenvalue weighted by molar-refractivity contribution is 0.0691. The summed E-state index contributed by atoms with van der Waals surface area (Å²) < 4.78 is 0. The van der Waals surface area contributed by atoms with E-state index in [1.54, 1.807) is 18.5 Å². The number of hydrogen-bond acceptors (Lipinski definition) is 2. The molecule has 1 N–H and O–H groups in total. The van der Waals surface area contributed by atoms with E-state index in [9.17, 15) is 4.79 Å². The number of imidazole rings is 1. The number of aromatic amines is 1. The van der Waals surface area contributed by atoms with E-state index in [0.29, 0.717) is 16.5 Å². The fourth-order valence-corrected chi connectivity index (χ4v) is 3.82. The molecule has 0 aliphatic carbocycles. The van der Waals surface area contributed by atoms with Gasteiger partial charge in [0.15, 0.2) is 0 Å². The summed E-state index contributed by atoms with van der Waals surface area (Å²) in [6.45, 7) is 1.57. The number of aromatic nitrogens is 2. The second kappa shape index (κ2) is 6.89. The summed E-state index contributed by atoms with van der Waals surface area (Å²) in [5, 5.41) is 0.480. The van der Waals surface area contributed by atoms with Crippen LogP contribution < -0.4 is 0 Å². The third kappa shape index (κ3) is 3.40. The number of rotatable bonds is 3. The van der Waals surface area contributed by atoms with Crippen LogP contribution in [0, 0.1) is 5.92 Å². The number of halogens is 1. The molecule has 0 unspecified atom stereocenters. The predicted octanol–water partition coefficient (Wildman–Crippen LogP) is 4.31. The summed E-state index contributed by atoms with van der Waals surface area (Å²) >= 11 is 6.31. The largest absolute Gasteiger partial charge is 0.345 e. The second-order valence-electron chi connectivity index (χ2n) is 6.68. The Morgan fingerprint density at radius 1 is 1.20 bits per heavy atom. The molecule has 128 valence electrons. The lowest BCUT2D eigenvalue weighted by Gasteiger charge is -2.32.